The third-order valence-corrected chi connectivity index (χ3v) is 5.11. The van der Waals surface area contributed by atoms with E-state index in [1.54, 1.807) is 7.11 Å². The van der Waals surface area contributed by atoms with Crippen molar-refractivity contribution in [1.29, 1.82) is 0 Å². The second-order valence-electron chi connectivity index (χ2n) is 6.55. The number of nitrogens with zero attached hydrogens (tertiary/aromatic N) is 1. The van der Waals surface area contributed by atoms with E-state index in [0.717, 1.165) is 37.7 Å². The number of methoxy groups -OCH3 is 1. The zero-order valence-electron chi connectivity index (χ0n) is 15.0. The van der Waals surface area contributed by atoms with Gasteiger partial charge in [-0.15, -0.1) is 0 Å². The molecule has 7 heteroatoms. The molecule has 1 aliphatic rings. The van der Waals surface area contributed by atoms with Crippen LogP contribution in [0.25, 0.3) is 0 Å². The summed E-state index contributed by atoms with van der Waals surface area (Å²) in [5, 5.41) is 3.66. The van der Waals surface area contributed by atoms with Gasteiger partial charge in [0.1, 0.15) is 5.75 Å². The molecule has 0 saturated carbocycles. The van der Waals surface area contributed by atoms with Gasteiger partial charge in [-0.1, -0.05) is 23.7 Å². The zero-order valence-corrected chi connectivity index (χ0v) is 15.8. The summed E-state index contributed by atoms with van der Waals surface area (Å²) in [4.78, 5) is 2.18. The van der Waals surface area contributed by atoms with Crippen molar-refractivity contribution in [1.82, 2.24) is 10.2 Å². The fourth-order valence-corrected chi connectivity index (χ4v) is 3.67. The Hall–Kier alpha value is -1.76. The first kappa shape index (κ1) is 20.0. The topological polar surface area (TPSA) is 24.5 Å². The summed E-state index contributed by atoms with van der Waals surface area (Å²) >= 11 is 6.38. The van der Waals surface area contributed by atoms with Crippen LogP contribution >= 0.6 is 11.6 Å². The van der Waals surface area contributed by atoms with Crippen LogP contribution in [0.2, 0.25) is 5.02 Å². The predicted molar refractivity (Wildman–Crippen MR) is 100 cm³/mol. The molecule has 1 heterocycles. The number of hydrogen-bond acceptors (Lipinski definition) is 3. The van der Waals surface area contributed by atoms with E-state index in [2.05, 4.69) is 10.2 Å². The van der Waals surface area contributed by atoms with Crippen molar-refractivity contribution in [2.45, 2.75) is 18.6 Å². The van der Waals surface area contributed by atoms with Crippen LogP contribution in [0.4, 0.5) is 13.2 Å². The normalized spacial score (nSPS) is 17.4. The Kier molecular flexibility index (Phi) is 6.29. The Morgan fingerprint density at radius 1 is 1.11 bits per heavy atom. The maximum Gasteiger partial charge on any atom is 0.416 e. The van der Waals surface area contributed by atoms with Crippen LogP contribution in [0, 0.1) is 0 Å². The summed E-state index contributed by atoms with van der Waals surface area (Å²) in [7, 11) is 1.57. The summed E-state index contributed by atoms with van der Waals surface area (Å²) < 4.78 is 45.2. The predicted octanol–water partition coefficient (Wildman–Crippen LogP) is 4.75. The highest BCUT2D eigenvalue weighted by Gasteiger charge is 2.33. The highest BCUT2D eigenvalue weighted by Crippen LogP contribution is 2.39. The van der Waals surface area contributed by atoms with Gasteiger partial charge in [0.25, 0.3) is 0 Å². The van der Waals surface area contributed by atoms with E-state index in [-0.39, 0.29) is 6.04 Å². The number of halogens is 4. The van der Waals surface area contributed by atoms with Gasteiger partial charge in [-0.3, -0.25) is 4.90 Å². The lowest BCUT2D eigenvalue weighted by molar-refractivity contribution is -0.137. The van der Waals surface area contributed by atoms with Crippen molar-refractivity contribution >= 4 is 11.6 Å². The van der Waals surface area contributed by atoms with Crippen molar-refractivity contribution < 1.29 is 17.9 Å². The molecule has 0 aliphatic carbocycles. The molecular weight excluding hydrogens is 377 g/mol. The minimum atomic E-state index is -4.42. The molecule has 1 atom stereocenters. The van der Waals surface area contributed by atoms with E-state index < -0.39 is 11.7 Å². The van der Waals surface area contributed by atoms with Crippen LogP contribution in [0.1, 0.15) is 29.2 Å². The Bertz CT molecular complexity index is 774. The zero-order chi connectivity index (χ0) is 19.4. The molecule has 146 valence electrons. The summed E-state index contributed by atoms with van der Waals surface area (Å²) in [5.41, 5.74) is 0.627. The summed E-state index contributed by atoms with van der Waals surface area (Å²) in [6.45, 7) is 3.14. The molecular formula is C20H22ClF3N2O. The molecule has 27 heavy (non-hydrogen) atoms. The molecule has 2 aromatic carbocycles. The second kappa shape index (κ2) is 8.50. The standard InChI is InChI=1S/C20H22ClF3N2O/c1-27-16-5-2-4-14(12-16)19(26-10-3-8-25-9-11-26)17-13-15(20(22,23)24)6-7-18(17)21/h2,4-7,12-13,19,25H,3,8-11H2,1H3. The van der Waals surface area contributed by atoms with Crippen LogP contribution in [-0.4, -0.2) is 38.2 Å². The van der Waals surface area contributed by atoms with Gasteiger partial charge < -0.3 is 10.1 Å². The lowest BCUT2D eigenvalue weighted by atomic mass is 9.94. The first-order valence-electron chi connectivity index (χ1n) is 8.85. The number of benzene rings is 2. The first-order valence-corrected chi connectivity index (χ1v) is 9.23. The smallest absolute Gasteiger partial charge is 0.416 e. The van der Waals surface area contributed by atoms with E-state index >= 15 is 0 Å². The quantitative estimate of drug-likeness (QED) is 0.804. The van der Waals surface area contributed by atoms with Crippen LogP contribution in [-0.2, 0) is 6.18 Å². The Labute approximate surface area is 162 Å². The van der Waals surface area contributed by atoms with Gasteiger partial charge in [0.2, 0.25) is 0 Å². The molecule has 1 N–H and O–H groups in total. The van der Waals surface area contributed by atoms with Crippen LogP contribution in [0.3, 0.4) is 0 Å². The van der Waals surface area contributed by atoms with Gasteiger partial charge in [-0.05, 0) is 54.4 Å². The number of ether oxygens (including phenoxy) is 1. The van der Waals surface area contributed by atoms with Crippen LogP contribution in [0.15, 0.2) is 42.5 Å². The number of rotatable bonds is 4. The van der Waals surface area contributed by atoms with Gasteiger partial charge >= 0.3 is 6.18 Å². The van der Waals surface area contributed by atoms with Gasteiger partial charge in [0, 0.05) is 24.7 Å². The summed E-state index contributed by atoms with van der Waals surface area (Å²) in [6.07, 6.45) is -3.50. The van der Waals surface area contributed by atoms with Crippen molar-refractivity contribution in [3.8, 4) is 5.75 Å². The molecule has 0 aromatic heterocycles. The van der Waals surface area contributed by atoms with E-state index in [9.17, 15) is 13.2 Å². The minimum absolute atomic E-state index is 0.327. The van der Waals surface area contributed by atoms with Crippen LogP contribution < -0.4 is 10.1 Å². The van der Waals surface area contributed by atoms with Crippen LogP contribution in [0.5, 0.6) is 5.75 Å². The second-order valence-corrected chi connectivity index (χ2v) is 6.96. The molecule has 3 rings (SSSR count). The number of nitrogens with one attached hydrogen (secondary N) is 1. The van der Waals surface area contributed by atoms with E-state index in [1.165, 1.54) is 12.1 Å². The van der Waals surface area contributed by atoms with Crippen molar-refractivity contribution in [3.05, 3.63) is 64.2 Å². The molecule has 0 amide bonds. The third-order valence-electron chi connectivity index (χ3n) is 4.77. The minimum Gasteiger partial charge on any atom is -0.497 e. The molecule has 1 saturated heterocycles. The van der Waals surface area contributed by atoms with Gasteiger partial charge in [-0.25, -0.2) is 0 Å². The van der Waals surface area contributed by atoms with Gasteiger partial charge in [0.15, 0.2) is 0 Å². The number of alkyl halides is 3. The van der Waals surface area contributed by atoms with Gasteiger partial charge in [0.05, 0.1) is 18.7 Å². The summed E-state index contributed by atoms with van der Waals surface area (Å²) in [5.74, 6) is 0.661. The maximum atomic E-state index is 13.3. The number of hydrogen-bond donors (Lipinski definition) is 1. The lowest BCUT2D eigenvalue weighted by Crippen LogP contribution is -2.33. The third kappa shape index (κ3) is 4.75. The molecule has 0 spiro atoms. The maximum absolute atomic E-state index is 13.3. The highest BCUT2D eigenvalue weighted by atomic mass is 35.5. The average Bonchev–Trinajstić information content (AvgIpc) is 2.92. The first-order chi connectivity index (χ1) is 12.9. The monoisotopic (exact) mass is 398 g/mol. The summed E-state index contributed by atoms with van der Waals surface area (Å²) in [6, 6.07) is 10.6. The molecule has 0 radical (unpaired) electrons. The molecule has 1 aliphatic heterocycles. The molecule has 1 unspecified atom stereocenters. The van der Waals surface area contributed by atoms with Crippen molar-refractivity contribution in [2.75, 3.05) is 33.3 Å². The lowest BCUT2D eigenvalue weighted by Gasteiger charge is -2.32. The molecule has 1 fully saturated rings. The fourth-order valence-electron chi connectivity index (χ4n) is 3.45. The average molecular weight is 399 g/mol. The van der Waals surface area contributed by atoms with Crippen molar-refractivity contribution in [3.63, 3.8) is 0 Å². The van der Waals surface area contributed by atoms with E-state index in [4.69, 9.17) is 16.3 Å². The fraction of sp³-hybridized carbons (Fsp3) is 0.400. The Morgan fingerprint density at radius 2 is 1.93 bits per heavy atom. The van der Waals surface area contributed by atoms with E-state index in [1.807, 2.05) is 24.3 Å². The van der Waals surface area contributed by atoms with Gasteiger partial charge in [-0.2, -0.15) is 13.2 Å². The SMILES string of the molecule is COc1cccc(C(c2cc(C(F)(F)F)ccc2Cl)N2CCCNCC2)c1. The highest BCUT2D eigenvalue weighted by molar-refractivity contribution is 6.31. The molecule has 2 aromatic rings. The Morgan fingerprint density at radius 3 is 2.67 bits per heavy atom. The molecule has 0 bridgehead atoms. The molecule has 3 nitrogen and oxygen atoms in total. The largest absolute Gasteiger partial charge is 0.497 e. The van der Waals surface area contributed by atoms with Crippen molar-refractivity contribution in [2.24, 2.45) is 0 Å². The Balaban J connectivity index is 2.11. The van der Waals surface area contributed by atoms with E-state index in [0.29, 0.717) is 22.9 Å².